The molecule has 196 valence electrons. The zero-order chi connectivity index (χ0) is 27.6. The number of carbonyl (C=O) groups is 2. The van der Waals surface area contributed by atoms with E-state index in [2.05, 4.69) is 15.4 Å². The molecule has 0 radical (unpaired) electrons. The molecule has 1 amide bonds. The topological polar surface area (TPSA) is 97.1 Å². The van der Waals surface area contributed by atoms with Gasteiger partial charge in [0.2, 0.25) is 5.91 Å². The highest BCUT2D eigenvalue weighted by molar-refractivity contribution is 6.10. The zero-order valence-electron chi connectivity index (χ0n) is 21.4. The Labute approximate surface area is 228 Å². The number of aromatic nitrogens is 3. The zero-order valence-corrected chi connectivity index (χ0v) is 21.4. The second kappa shape index (κ2) is 8.71. The number of anilines is 1. The number of carboxylic acid groups (broad SMARTS) is 1. The Kier molecular flexibility index (Phi) is 5.22. The van der Waals surface area contributed by atoms with E-state index in [0.717, 1.165) is 27.9 Å². The number of benzene rings is 4. The predicted octanol–water partition coefficient (Wildman–Crippen LogP) is 6.12. The normalized spacial score (nSPS) is 18.9. The van der Waals surface area contributed by atoms with E-state index < -0.39 is 17.2 Å². The number of rotatable bonds is 5. The minimum Gasteiger partial charge on any atom is -0.478 e. The maximum absolute atomic E-state index is 15.3. The molecule has 1 aliphatic heterocycles. The van der Waals surface area contributed by atoms with Crippen molar-refractivity contribution in [3.8, 4) is 27.9 Å². The lowest BCUT2D eigenvalue weighted by Gasteiger charge is -2.13. The third-order valence-corrected chi connectivity index (χ3v) is 8.17. The molecular formula is C32H23FN4O3. The highest BCUT2D eigenvalue weighted by Crippen LogP contribution is 2.65. The lowest BCUT2D eigenvalue weighted by Crippen LogP contribution is -2.21. The summed E-state index contributed by atoms with van der Waals surface area (Å²) in [4.78, 5) is 28.8. The SMILES string of the molecule is Cc1ccc(C2CC23C(=O)Nc2c(F)cc(-c4ccc(-c5ccc(-n6cncn6)cc5)cc4)cc23)cc1C(=O)O. The van der Waals surface area contributed by atoms with Crippen LogP contribution in [-0.2, 0) is 10.2 Å². The second-order valence-electron chi connectivity index (χ2n) is 10.4. The number of halogens is 1. The molecule has 2 atom stereocenters. The highest BCUT2D eigenvalue weighted by atomic mass is 19.1. The fourth-order valence-electron chi connectivity index (χ4n) is 5.90. The van der Waals surface area contributed by atoms with Crippen molar-refractivity contribution in [3.05, 3.63) is 120 Å². The number of fused-ring (bicyclic) bond motifs is 2. The van der Waals surface area contributed by atoms with Gasteiger partial charge < -0.3 is 10.4 Å². The Hall–Kier alpha value is -5.11. The standard InChI is InChI=1S/C32H23FN4O3/c1-18-2-3-22(12-25(18)30(38)39)27-15-32(27)26-13-23(14-28(33)29(26)36-31(32)40)21-6-4-19(5-7-21)20-8-10-24(11-9-20)37-17-34-16-35-37/h2-14,16-17,27H,15H2,1H3,(H,36,40)(H,38,39). The van der Waals surface area contributed by atoms with Crippen LogP contribution in [0, 0.1) is 12.7 Å². The number of hydrogen-bond acceptors (Lipinski definition) is 4. The van der Waals surface area contributed by atoms with E-state index in [4.69, 9.17) is 0 Å². The van der Waals surface area contributed by atoms with Gasteiger partial charge in [0.25, 0.3) is 0 Å². The number of carboxylic acids is 1. The number of nitrogens with one attached hydrogen (secondary N) is 1. The van der Waals surface area contributed by atoms with E-state index in [-0.39, 0.29) is 23.1 Å². The number of carbonyl (C=O) groups excluding carboxylic acids is 1. The summed E-state index contributed by atoms with van der Waals surface area (Å²) in [6, 6.07) is 24.4. The van der Waals surface area contributed by atoms with Crippen LogP contribution < -0.4 is 5.32 Å². The summed E-state index contributed by atoms with van der Waals surface area (Å²) < 4.78 is 17.0. The average molecular weight is 531 g/mol. The molecule has 2 unspecified atom stereocenters. The van der Waals surface area contributed by atoms with E-state index in [1.54, 1.807) is 30.1 Å². The molecule has 1 aliphatic carbocycles. The maximum Gasteiger partial charge on any atom is 0.335 e. The molecule has 2 aliphatic rings. The first-order chi connectivity index (χ1) is 19.3. The first-order valence-electron chi connectivity index (χ1n) is 12.9. The Morgan fingerprint density at radius 2 is 1.65 bits per heavy atom. The van der Waals surface area contributed by atoms with Crippen LogP contribution in [0.25, 0.3) is 27.9 Å². The molecule has 4 aromatic carbocycles. The van der Waals surface area contributed by atoms with Crippen molar-refractivity contribution in [2.24, 2.45) is 0 Å². The molecule has 2 N–H and O–H groups in total. The van der Waals surface area contributed by atoms with Crippen LogP contribution in [0.5, 0.6) is 0 Å². The van der Waals surface area contributed by atoms with Crippen molar-refractivity contribution in [2.75, 3.05) is 5.32 Å². The number of nitrogens with zero attached hydrogens (tertiary/aromatic N) is 3. The van der Waals surface area contributed by atoms with Crippen LogP contribution >= 0.6 is 0 Å². The van der Waals surface area contributed by atoms with E-state index >= 15 is 4.39 Å². The van der Waals surface area contributed by atoms with Crippen molar-refractivity contribution in [2.45, 2.75) is 24.7 Å². The summed E-state index contributed by atoms with van der Waals surface area (Å²) in [5.74, 6) is -1.95. The Morgan fingerprint density at radius 1 is 0.975 bits per heavy atom. The summed E-state index contributed by atoms with van der Waals surface area (Å²) in [5.41, 5.74) is 6.06. The minimum absolute atomic E-state index is 0.214. The van der Waals surface area contributed by atoms with E-state index in [1.807, 2.05) is 60.7 Å². The van der Waals surface area contributed by atoms with Crippen molar-refractivity contribution < 1.29 is 19.1 Å². The third kappa shape index (κ3) is 3.64. The maximum atomic E-state index is 15.3. The molecule has 5 aromatic rings. The lowest BCUT2D eigenvalue weighted by atomic mass is 9.88. The van der Waals surface area contributed by atoms with Gasteiger partial charge in [0.15, 0.2) is 0 Å². The quantitative estimate of drug-likeness (QED) is 0.285. The minimum atomic E-state index is -1.01. The van der Waals surface area contributed by atoms with Gasteiger partial charge in [-0.25, -0.2) is 18.9 Å². The molecular weight excluding hydrogens is 507 g/mol. The molecule has 0 bridgehead atoms. The van der Waals surface area contributed by atoms with Crippen LogP contribution in [0.3, 0.4) is 0 Å². The smallest absolute Gasteiger partial charge is 0.335 e. The van der Waals surface area contributed by atoms with Gasteiger partial charge in [0.1, 0.15) is 18.5 Å². The number of aromatic carboxylic acids is 1. The Morgan fingerprint density at radius 3 is 2.30 bits per heavy atom. The van der Waals surface area contributed by atoms with Gasteiger partial charge in [-0.2, -0.15) is 5.10 Å². The summed E-state index contributed by atoms with van der Waals surface area (Å²) in [5, 5.41) is 16.5. The largest absolute Gasteiger partial charge is 0.478 e. The Bertz CT molecular complexity index is 1810. The fraction of sp³-hybridized carbons (Fsp3) is 0.125. The number of amides is 1. The summed E-state index contributed by atoms with van der Waals surface area (Å²) in [6.45, 7) is 1.74. The first-order valence-corrected chi connectivity index (χ1v) is 12.9. The van der Waals surface area contributed by atoms with Crippen molar-refractivity contribution in [3.63, 3.8) is 0 Å². The van der Waals surface area contributed by atoms with Crippen LogP contribution in [0.4, 0.5) is 10.1 Å². The third-order valence-electron chi connectivity index (χ3n) is 8.17. The predicted molar refractivity (Wildman–Crippen MR) is 148 cm³/mol. The van der Waals surface area contributed by atoms with Gasteiger partial charge in [-0.1, -0.05) is 48.5 Å². The molecule has 1 spiro atoms. The second-order valence-corrected chi connectivity index (χ2v) is 10.4. The van der Waals surface area contributed by atoms with Gasteiger partial charge >= 0.3 is 5.97 Å². The first kappa shape index (κ1) is 24.0. The lowest BCUT2D eigenvalue weighted by molar-refractivity contribution is -0.118. The number of aryl methyl sites for hydroxylation is 1. The number of hydrogen-bond donors (Lipinski definition) is 2. The molecule has 8 heteroatoms. The fourth-order valence-corrected chi connectivity index (χ4v) is 5.90. The van der Waals surface area contributed by atoms with Crippen LogP contribution in [0.1, 0.15) is 39.4 Å². The van der Waals surface area contributed by atoms with E-state index in [1.165, 1.54) is 12.4 Å². The molecule has 1 aromatic heterocycles. The van der Waals surface area contributed by atoms with E-state index in [0.29, 0.717) is 23.1 Å². The Balaban J connectivity index is 1.20. The van der Waals surface area contributed by atoms with Gasteiger partial charge in [-0.15, -0.1) is 0 Å². The van der Waals surface area contributed by atoms with E-state index in [9.17, 15) is 14.7 Å². The van der Waals surface area contributed by atoms with Crippen LogP contribution in [0.2, 0.25) is 0 Å². The highest BCUT2D eigenvalue weighted by Gasteiger charge is 2.65. The van der Waals surface area contributed by atoms with Gasteiger partial charge in [0, 0.05) is 5.92 Å². The van der Waals surface area contributed by atoms with Crippen molar-refractivity contribution in [1.29, 1.82) is 0 Å². The summed E-state index contributed by atoms with van der Waals surface area (Å²) in [7, 11) is 0. The monoisotopic (exact) mass is 530 g/mol. The average Bonchev–Trinajstić information content (AvgIpc) is 3.33. The molecule has 2 heterocycles. The van der Waals surface area contributed by atoms with Gasteiger partial charge in [-0.3, -0.25) is 4.79 Å². The van der Waals surface area contributed by atoms with Gasteiger partial charge in [-0.05, 0) is 82.6 Å². The van der Waals surface area contributed by atoms with Crippen LogP contribution in [0.15, 0.2) is 91.5 Å². The summed E-state index contributed by atoms with van der Waals surface area (Å²) in [6.07, 6.45) is 3.63. The van der Waals surface area contributed by atoms with Crippen molar-refractivity contribution in [1.82, 2.24) is 14.8 Å². The molecule has 1 saturated carbocycles. The molecule has 1 fully saturated rings. The summed E-state index contributed by atoms with van der Waals surface area (Å²) >= 11 is 0. The molecule has 7 nitrogen and oxygen atoms in total. The molecule has 7 rings (SSSR count). The van der Waals surface area contributed by atoms with Crippen LogP contribution in [-0.4, -0.2) is 31.7 Å². The molecule has 40 heavy (non-hydrogen) atoms. The van der Waals surface area contributed by atoms with Gasteiger partial charge in [0.05, 0.1) is 22.4 Å². The van der Waals surface area contributed by atoms with Crippen molar-refractivity contribution >= 4 is 17.6 Å². The molecule has 0 saturated heterocycles.